The predicted molar refractivity (Wildman–Crippen MR) is 104 cm³/mol. The van der Waals surface area contributed by atoms with Crippen molar-refractivity contribution in [1.29, 1.82) is 0 Å². The molecule has 0 amide bonds. The Morgan fingerprint density at radius 3 is 2.48 bits per heavy atom. The van der Waals surface area contributed by atoms with Gasteiger partial charge in [0.25, 0.3) is 0 Å². The molecular formula is C17H21BrFN5O. The van der Waals surface area contributed by atoms with Crippen molar-refractivity contribution in [2.75, 3.05) is 13.1 Å². The lowest BCUT2D eigenvalue weighted by Gasteiger charge is -2.09. The minimum Gasteiger partial charge on any atom is -0.404 e. The largest absolute Gasteiger partial charge is 0.404 e. The molecule has 0 unspecified atom stereocenters. The van der Waals surface area contributed by atoms with Crippen molar-refractivity contribution in [2.24, 2.45) is 26.4 Å². The molecule has 8 heteroatoms. The van der Waals surface area contributed by atoms with E-state index in [0.717, 1.165) is 6.07 Å². The molecule has 0 aromatic heterocycles. The van der Waals surface area contributed by atoms with Gasteiger partial charge in [0.1, 0.15) is 10.4 Å². The quantitative estimate of drug-likeness (QED) is 0.428. The third-order valence-electron chi connectivity index (χ3n) is 3.05. The van der Waals surface area contributed by atoms with Crippen molar-refractivity contribution < 1.29 is 9.18 Å². The van der Waals surface area contributed by atoms with Crippen molar-refractivity contribution in [1.82, 2.24) is 0 Å². The van der Waals surface area contributed by atoms with Gasteiger partial charge in [0.15, 0.2) is 11.6 Å². The third-order valence-corrected chi connectivity index (χ3v) is 3.81. The molecule has 0 atom stereocenters. The van der Waals surface area contributed by atoms with Crippen molar-refractivity contribution in [3.63, 3.8) is 0 Å². The molecule has 0 bridgehead atoms. The van der Waals surface area contributed by atoms with E-state index in [-0.39, 0.29) is 29.6 Å². The van der Waals surface area contributed by atoms with E-state index in [9.17, 15) is 9.18 Å². The number of ketones is 1. The Balaban J connectivity index is 3.39. The first-order chi connectivity index (χ1) is 11.8. The summed E-state index contributed by atoms with van der Waals surface area (Å²) >= 11 is 3.34. The van der Waals surface area contributed by atoms with Gasteiger partial charge in [-0.15, -0.1) is 0 Å². The number of carbonyl (C=O) groups is 1. The Hall–Kier alpha value is -2.35. The van der Waals surface area contributed by atoms with Crippen LogP contribution in [-0.4, -0.2) is 35.2 Å². The van der Waals surface area contributed by atoms with Gasteiger partial charge >= 0.3 is 0 Å². The van der Waals surface area contributed by atoms with Gasteiger partial charge in [-0.1, -0.05) is 0 Å². The van der Waals surface area contributed by atoms with Crippen molar-refractivity contribution in [2.45, 2.75) is 20.8 Å². The number of hydrogen-bond acceptors (Lipinski definition) is 4. The maximum atomic E-state index is 13.5. The summed E-state index contributed by atoms with van der Waals surface area (Å²) in [5.74, 6) is -0.323. The Kier molecular flexibility index (Phi) is 8.13. The number of carbonyl (C=O) groups excluding carboxylic acids is 1. The van der Waals surface area contributed by atoms with Gasteiger partial charge in [0.2, 0.25) is 0 Å². The second-order valence-corrected chi connectivity index (χ2v) is 5.85. The van der Waals surface area contributed by atoms with E-state index in [0.29, 0.717) is 22.3 Å². The fourth-order valence-electron chi connectivity index (χ4n) is 1.94. The molecule has 1 aromatic rings. The Morgan fingerprint density at radius 1 is 1.28 bits per heavy atom. The lowest BCUT2D eigenvalue weighted by atomic mass is 10.0. The zero-order valence-electron chi connectivity index (χ0n) is 14.4. The molecule has 0 saturated heterocycles. The second kappa shape index (κ2) is 9.83. The topological polar surface area (TPSA) is 106 Å². The highest BCUT2D eigenvalue weighted by Gasteiger charge is 2.14. The molecule has 0 aliphatic rings. The molecule has 0 saturated carbocycles. The number of nitrogens with two attached hydrogens (primary N) is 2. The lowest BCUT2D eigenvalue weighted by molar-refractivity contribution is 0.101. The maximum Gasteiger partial charge on any atom is 0.160 e. The number of halogens is 2. The molecule has 4 N–H and O–H groups in total. The first-order valence-corrected chi connectivity index (χ1v) is 8.36. The van der Waals surface area contributed by atoms with Crippen LogP contribution in [0.15, 0.2) is 44.9 Å². The van der Waals surface area contributed by atoms with Gasteiger partial charge in [0, 0.05) is 29.4 Å². The minimum atomic E-state index is -0.512. The van der Waals surface area contributed by atoms with E-state index < -0.39 is 5.82 Å². The first-order valence-electron chi connectivity index (χ1n) is 7.57. The number of benzene rings is 1. The average Bonchev–Trinajstić information content (AvgIpc) is 2.54. The summed E-state index contributed by atoms with van der Waals surface area (Å²) in [5, 5.41) is 0. The summed E-state index contributed by atoms with van der Waals surface area (Å²) in [5.41, 5.74) is 12.5. The molecule has 0 spiro atoms. The zero-order valence-corrected chi connectivity index (χ0v) is 16.0. The van der Waals surface area contributed by atoms with Gasteiger partial charge in [-0.25, -0.2) is 9.38 Å². The Labute approximate surface area is 154 Å². The molecule has 0 heterocycles. The van der Waals surface area contributed by atoms with Crippen LogP contribution >= 0.6 is 15.9 Å². The average molecular weight is 410 g/mol. The number of nitrogens with zero attached hydrogens (tertiary/aromatic N) is 3. The smallest absolute Gasteiger partial charge is 0.160 e. The number of hydrogen-bond donors (Lipinski definition) is 2. The van der Waals surface area contributed by atoms with Crippen LogP contribution in [-0.2, 0) is 0 Å². The standard InChI is InChI=1S/C17H21BrFN5O/c1-4-22-16(18)12(8-20)9-23-17(24-11(3)21)14-6-5-13(19)7-15(14)10(2)25/h5-8H,4,9,20H2,1-3H3,(H2,21,23,24). The summed E-state index contributed by atoms with van der Waals surface area (Å²) in [4.78, 5) is 24.6. The molecule has 25 heavy (non-hydrogen) atoms. The summed E-state index contributed by atoms with van der Waals surface area (Å²) in [7, 11) is 0. The monoisotopic (exact) mass is 409 g/mol. The zero-order chi connectivity index (χ0) is 19.0. The first kappa shape index (κ1) is 20.7. The van der Waals surface area contributed by atoms with Gasteiger partial charge in [-0.05, 0) is 54.9 Å². The summed E-state index contributed by atoms with van der Waals surface area (Å²) < 4.78 is 14.1. The molecule has 0 aliphatic carbocycles. The summed E-state index contributed by atoms with van der Waals surface area (Å²) in [6.07, 6.45) is 1.39. The van der Waals surface area contributed by atoms with Crippen LogP contribution in [0.3, 0.4) is 0 Å². The van der Waals surface area contributed by atoms with Gasteiger partial charge in [-0.2, -0.15) is 0 Å². The Bertz CT molecular complexity index is 764. The van der Waals surface area contributed by atoms with Crippen molar-refractivity contribution in [3.8, 4) is 0 Å². The highest BCUT2D eigenvalue weighted by Crippen LogP contribution is 2.15. The van der Waals surface area contributed by atoms with Gasteiger partial charge in [0.05, 0.1) is 12.4 Å². The molecule has 0 radical (unpaired) electrons. The predicted octanol–water partition coefficient (Wildman–Crippen LogP) is 2.81. The SMILES string of the molecule is CCN=C(Br)C(=CN)CN=C(N=C(C)N)c1ccc(F)cc1C(C)=O. The molecule has 0 aliphatic heterocycles. The normalized spacial score (nSPS) is 14.0. The molecule has 134 valence electrons. The fraction of sp³-hybridized carbons (Fsp3) is 0.294. The van der Waals surface area contributed by atoms with Crippen LogP contribution in [0.5, 0.6) is 0 Å². The van der Waals surface area contributed by atoms with E-state index in [1.807, 2.05) is 6.92 Å². The van der Waals surface area contributed by atoms with E-state index in [1.54, 1.807) is 6.92 Å². The van der Waals surface area contributed by atoms with Crippen LogP contribution in [0.4, 0.5) is 4.39 Å². The highest BCUT2D eigenvalue weighted by atomic mass is 79.9. The highest BCUT2D eigenvalue weighted by molar-refractivity contribution is 9.18. The lowest BCUT2D eigenvalue weighted by Crippen LogP contribution is -2.14. The maximum absolute atomic E-state index is 13.5. The van der Waals surface area contributed by atoms with Crippen LogP contribution in [0, 0.1) is 5.82 Å². The molecule has 1 rings (SSSR count). The van der Waals surface area contributed by atoms with Crippen LogP contribution in [0.1, 0.15) is 36.7 Å². The van der Waals surface area contributed by atoms with E-state index in [1.165, 1.54) is 25.3 Å². The number of rotatable bonds is 6. The molecule has 6 nitrogen and oxygen atoms in total. The van der Waals surface area contributed by atoms with E-state index in [2.05, 4.69) is 30.9 Å². The number of aliphatic imine (C=N–C) groups is 3. The molecular weight excluding hydrogens is 389 g/mol. The van der Waals surface area contributed by atoms with Crippen LogP contribution in [0.25, 0.3) is 0 Å². The van der Waals surface area contributed by atoms with Gasteiger partial charge in [-0.3, -0.25) is 14.8 Å². The second-order valence-electron chi connectivity index (χ2n) is 5.10. The number of Topliss-reactive ketones (excluding diaryl/α,β-unsaturated/α-hetero) is 1. The minimum absolute atomic E-state index is 0.168. The van der Waals surface area contributed by atoms with Crippen LogP contribution in [0.2, 0.25) is 0 Å². The van der Waals surface area contributed by atoms with Gasteiger partial charge < -0.3 is 11.5 Å². The summed E-state index contributed by atoms with van der Waals surface area (Å²) in [6, 6.07) is 3.86. The molecule has 1 aromatic carbocycles. The van der Waals surface area contributed by atoms with Crippen molar-refractivity contribution in [3.05, 3.63) is 46.9 Å². The third kappa shape index (κ3) is 6.22. The van der Waals surface area contributed by atoms with E-state index in [4.69, 9.17) is 11.5 Å². The van der Waals surface area contributed by atoms with Crippen LogP contribution < -0.4 is 11.5 Å². The fourth-order valence-corrected chi connectivity index (χ4v) is 2.45. The van der Waals surface area contributed by atoms with E-state index >= 15 is 0 Å². The molecule has 0 fully saturated rings. The van der Waals surface area contributed by atoms with Crippen molar-refractivity contribution >= 4 is 38.0 Å². The Morgan fingerprint density at radius 2 is 1.96 bits per heavy atom. The number of amidine groups is 2. The summed E-state index contributed by atoms with van der Waals surface area (Å²) in [6.45, 7) is 5.59.